The smallest absolute Gasteiger partial charge is 0.331 e. The molecule has 2 bridgehead atoms. The molecule has 1 aromatic carbocycles. The molecule has 2 fully saturated rings. The molecule has 0 saturated carbocycles. The van der Waals surface area contributed by atoms with Gasteiger partial charge in [0.15, 0.2) is 6.10 Å². The molecular formula is C26H33NO5. The zero-order valence-corrected chi connectivity index (χ0v) is 19.3. The number of hydrogen-bond acceptors (Lipinski definition) is 6. The topological polar surface area (TPSA) is 87.8 Å². The standard InChI is InChI=1S/C26H33NO5/c1-16(2)26-14-20(30-22(29)15-27)25(4,32-26)19-12-10-17(3)23(19)24(26)31-21(28)13-11-18-8-6-5-7-9-18/h5-9,11,13,16,19-20,24H,10,12,14-15,27H2,1-4H3/b13-11+. The zero-order valence-electron chi connectivity index (χ0n) is 19.3. The summed E-state index contributed by atoms with van der Waals surface area (Å²) in [5.74, 6) is -0.769. The molecule has 1 aromatic rings. The van der Waals surface area contributed by atoms with Crippen molar-refractivity contribution in [3.8, 4) is 0 Å². The van der Waals surface area contributed by atoms with E-state index in [-0.39, 0.29) is 18.4 Å². The van der Waals surface area contributed by atoms with Gasteiger partial charge < -0.3 is 19.9 Å². The van der Waals surface area contributed by atoms with Gasteiger partial charge in [0.25, 0.3) is 0 Å². The number of allylic oxidation sites excluding steroid dienone is 1. The van der Waals surface area contributed by atoms with E-state index in [1.807, 2.05) is 37.3 Å². The normalized spacial score (nSPS) is 33.6. The molecule has 0 radical (unpaired) electrons. The van der Waals surface area contributed by atoms with Gasteiger partial charge in [-0.25, -0.2) is 4.79 Å². The van der Waals surface area contributed by atoms with Gasteiger partial charge in [-0.3, -0.25) is 4.79 Å². The number of ether oxygens (including phenoxy) is 3. The molecule has 0 spiro atoms. The quantitative estimate of drug-likeness (QED) is 0.412. The van der Waals surface area contributed by atoms with Crippen LogP contribution in [-0.4, -0.2) is 41.9 Å². The van der Waals surface area contributed by atoms with Crippen molar-refractivity contribution in [1.82, 2.24) is 0 Å². The Morgan fingerprint density at radius 3 is 2.62 bits per heavy atom. The van der Waals surface area contributed by atoms with Gasteiger partial charge in [0, 0.05) is 18.4 Å². The van der Waals surface area contributed by atoms with Gasteiger partial charge in [0.1, 0.15) is 17.3 Å². The lowest BCUT2D eigenvalue weighted by Crippen LogP contribution is -2.58. The minimum Gasteiger partial charge on any atom is -0.458 e. The van der Waals surface area contributed by atoms with E-state index in [2.05, 4.69) is 20.8 Å². The highest BCUT2D eigenvalue weighted by molar-refractivity contribution is 5.87. The fourth-order valence-corrected chi connectivity index (χ4v) is 5.76. The van der Waals surface area contributed by atoms with Crippen molar-refractivity contribution >= 4 is 18.0 Å². The van der Waals surface area contributed by atoms with Crippen LogP contribution in [0.4, 0.5) is 0 Å². The summed E-state index contributed by atoms with van der Waals surface area (Å²) in [7, 11) is 0. The maximum atomic E-state index is 12.9. The molecule has 2 N–H and O–H groups in total. The molecule has 32 heavy (non-hydrogen) atoms. The second-order valence-corrected chi connectivity index (χ2v) is 9.67. The van der Waals surface area contributed by atoms with Gasteiger partial charge in [-0.05, 0) is 49.8 Å². The minimum atomic E-state index is -0.762. The minimum absolute atomic E-state index is 0.0309. The SMILES string of the molecule is CC1=C2C(CC1)C1(C)OC(C(C)C)(CC1OC(=O)CN)C2OC(=O)/C=C/c1ccccc1. The number of nitrogens with two attached hydrogens (primary N) is 1. The maximum Gasteiger partial charge on any atom is 0.331 e. The van der Waals surface area contributed by atoms with Crippen LogP contribution in [0.5, 0.6) is 0 Å². The van der Waals surface area contributed by atoms with Crippen LogP contribution in [0.25, 0.3) is 6.08 Å². The van der Waals surface area contributed by atoms with Gasteiger partial charge in [0.05, 0.1) is 6.54 Å². The van der Waals surface area contributed by atoms with Gasteiger partial charge in [-0.1, -0.05) is 49.8 Å². The van der Waals surface area contributed by atoms with Crippen molar-refractivity contribution in [2.24, 2.45) is 17.6 Å². The number of esters is 2. The summed E-state index contributed by atoms with van der Waals surface area (Å²) < 4.78 is 18.7. The Morgan fingerprint density at radius 2 is 1.97 bits per heavy atom. The summed E-state index contributed by atoms with van der Waals surface area (Å²) in [4.78, 5) is 25.0. The van der Waals surface area contributed by atoms with Crippen molar-refractivity contribution in [2.75, 3.05) is 6.54 Å². The molecule has 0 amide bonds. The lowest BCUT2D eigenvalue weighted by molar-refractivity contribution is -0.222. The van der Waals surface area contributed by atoms with Crippen LogP contribution >= 0.6 is 0 Å². The molecule has 172 valence electrons. The monoisotopic (exact) mass is 439 g/mol. The third-order valence-electron chi connectivity index (χ3n) is 7.51. The summed E-state index contributed by atoms with van der Waals surface area (Å²) in [6, 6.07) is 9.64. The second-order valence-electron chi connectivity index (χ2n) is 9.67. The van der Waals surface area contributed by atoms with E-state index in [0.717, 1.165) is 24.0 Å². The van der Waals surface area contributed by atoms with Crippen LogP contribution in [0.2, 0.25) is 0 Å². The highest BCUT2D eigenvalue weighted by atomic mass is 16.6. The average Bonchev–Trinajstić information content (AvgIpc) is 3.28. The van der Waals surface area contributed by atoms with Crippen molar-refractivity contribution in [1.29, 1.82) is 0 Å². The summed E-state index contributed by atoms with van der Waals surface area (Å²) in [5, 5.41) is 0. The number of hydrogen-bond donors (Lipinski definition) is 1. The molecule has 2 aliphatic heterocycles. The summed E-state index contributed by atoms with van der Waals surface area (Å²) in [6.07, 6.45) is 4.55. The van der Waals surface area contributed by atoms with Crippen molar-refractivity contribution in [3.05, 3.63) is 53.1 Å². The van der Waals surface area contributed by atoms with Crippen LogP contribution in [0.3, 0.4) is 0 Å². The summed E-state index contributed by atoms with van der Waals surface area (Å²) in [5.41, 5.74) is 7.41. The van der Waals surface area contributed by atoms with Gasteiger partial charge >= 0.3 is 11.9 Å². The van der Waals surface area contributed by atoms with E-state index in [1.165, 1.54) is 11.6 Å². The predicted molar refractivity (Wildman–Crippen MR) is 121 cm³/mol. The largest absolute Gasteiger partial charge is 0.458 e. The van der Waals surface area contributed by atoms with Crippen molar-refractivity contribution in [2.45, 2.75) is 70.4 Å². The highest BCUT2D eigenvalue weighted by Gasteiger charge is 2.70. The molecule has 4 rings (SSSR count). The first kappa shape index (κ1) is 22.7. The number of rotatable bonds is 6. The maximum absolute atomic E-state index is 12.9. The Balaban J connectivity index is 1.68. The first-order chi connectivity index (χ1) is 15.2. The molecule has 0 aromatic heterocycles. The van der Waals surface area contributed by atoms with Crippen LogP contribution in [0.15, 0.2) is 47.6 Å². The summed E-state index contributed by atoms with van der Waals surface area (Å²) >= 11 is 0. The molecule has 2 heterocycles. The van der Waals surface area contributed by atoms with E-state index < -0.39 is 35.3 Å². The van der Waals surface area contributed by atoms with E-state index in [1.54, 1.807) is 6.08 Å². The number of benzene rings is 1. The molecule has 1 aliphatic carbocycles. The molecule has 6 nitrogen and oxygen atoms in total. The molecule has 5 atom stereocenters. The molecule has 6 heteroatoms. The van der Waals surface area contributed by atoms with E-state index in [4.69, 9.17) is 19.9 Å². The average molecular weight is 440 g/mol. The third kappa shape index (κ3) is 3.69. The van der Waals surface area contributed by atoms with Crippen LogP contribution < -0.4 is 5.73 Å². The lowest BCUT2D eigenvalue weighted by atomic mass is 9.74. The molecule has 5 unspecified atom stereocenters. The molecular weight excluding hydrogens is 406 g/mol. The Hall–Kier alpha value is -2.44. The second kappa shape index (κ2) is 8.49. The molecule has 2 saturated heterocycles. The van der Waals surface area contributed by atoms with E-state index in [0.29, 0.717) is 6.42 Å². The van der Waals surface area contributed by atoms with Gasteiger partial charge in [-0.2, -0.15) is 0 Å². The predicted octanol–water partition coefficient (Wildman–Crippen LogP) is 3.80. The summed E-state index contributed by atoms with van der Waals surface area (Å²) in [6.45, 7) is 8.11. The Morgan fingerprint density at radius 1 is 1.25 bits per heavy atom. The van der Waals surface area contributed by atoms with Gasteiger partial charge in [-0.15, -0.1) is 0 Å². The van der Waals surface area contributed by atoms with Crippen LogP contribution in [0.1, 0.15) is 52.5 Å². The van der Waals surface area contributed by atoms with Crippen molar-refractivity contribution < 1.29 is 23.8 Å². The molecule has 3 aliphatic rings. The fourth-order valence-electron chi connectivity index (χ4n) is 5.76. The van der Waals surface area contributed by atoms with E-state index >= 15 is 0 Å². The lowest BCUT2D eigenvalue weighted by Gasteiger charge is -2.50. The Labute approximate surface area is 189 Å². The van der Waals surface area contributed by atoms with Crippen molar-refractivity contribution in [3.63, 3.8) is 0 Å². The third-order valence-corrected chi connectivity index (χ3v) is 7.51. The number of carbonyl (C=O) groups is 2. The number of carbonyl (C=O) groups excluding carboxylic acids is 2. The first-order valence-electron chi connectivity index (χ1n) is 11.4. The Kier molecular flexibility index (Phi) is 6.03. The number of fused-ring (bicyclic) bond motifs is 4. The zero-order chi connectivity index (χ0) is 23.1. The van der Waals surface area contributed by atoms with Gasteiger partial charge in [0.2, 0.25) is 0 Å². The Bertz CT molecular complexity index is 952. The highest BCUT2D eigenvalue weighted by Crippen LogP contribution is 2.61. The fraction of sp³-hybridized carbons (Fsp3) is 0.538. The van der Waals surface area contributed by atoms with E-state index in [9.17, 15) is 9.59 Å². The van der Waals surface area contributed by atoms with Crippen LogP contribution in [-0.2, 0) is 23.8 Å². The van der Waals surface area contributed by atoms with Crippen LogP contribution in [0, 0.1) is 11.8 Å². The first-order valence-corrected chi connectivity index (χ1v) is 11.4.